The Morgan fingerprint density at radius 1 is 1.56 bits per heavy atom. The summed E-state index contributed by atoms with van der Waals surface area (Å²) in [7, 11) is 2.09. The summed E-state index contributed by atoms with van der Waals surface area (Å²) in [5.41, 5.74) is 6.02. The number of aliphatic hydroxyl groups excluding tert-OH is 1. The number of nitrogens with zero attached hydrogens (tertiary/aromatic N) is 1. The van der Waals surface area contributed by atoms with Crippen LogP contribution in [-0.4, -0.2) is 56.0 Å². The molecule has 2 unspecified atom stereocenters. The maximum Gasteiger partial charge on any atom is 0.0546 e. The summed E-state index contributed by atoms with van der Waals surface area (Å²) in [6.07, 6.45) is 2.86. The van der Waals surface area contributed by atoms with Crippen molar-refractivity contribution in [1.29, 1.82) is 0 Å². The molecule has 1 aliphatic rings. The van der Waals surface area contributed by atoms with E-state index in [4.69, 9.17) is 10.5 Å². The van der Waals surface area contributed by atoms with Crippen LogP contribution in [-0.2, 0) is 4.74 Å². The van der Waals surface area contributed by atoms with Gasteiger partial charge in [-0.25, -0.2) is 0 Å². The first kappa shape index (κ1) is 13.9. The van der Waals surface area contributed by atoms with Gasteiger partial charge in [-0.3, -0.25) is 0 Å². The minimum Gasteiger partial charge on any atom is -0.393 e. The quantitative estimate of drug-likeness (QED) is 0.695. The van der Waals surface area contributed by atoms with Gasteiger partial charge in [-0.1, -0.05) is 0 Å². The summed E-state index contributed by atoms with van der Waals surface area (Å²) >= 11 is 0. The Morgan fingerprint density at radius 3 is 2.81 bits per heavy atom. The molecule has 4 heteroatoms. The molecule has 1 rings (SSSR count). The van der Waals surface area contributed by atoms with Crippen LogP contribution in [0.25, 0.3) is 0 Å². The van der Waals surface area contributed by atoms with Gasteiger partial charge in [0, 0.05) is 31.7 Å². The zero-order valence-electron chi connectivity index (χ0n) is 10.6. The van der Waals surface area contributed by atoms with Gasteiger partial charge in [0.15, 0.2) is 0 Å². The Labute approximate surface area is 98.8 Å². The lowest BCUT2D eigenvalue weighted by molar-refractivity contribution is -0.0193. The van der Waals surface area contributed by atoms with Crippen molar-refractivity contribution in [2.45, 2.75) is 32.3 Å². The van der Waals surface area contributed by atoms with E-state index in [9.17, 15) is 5.11 Å². The molecule has 0 aromatic rings. The molecular formula is C12H26N2O2. The number of rotatable bonds is 6. The van der Waals surface area contributed by atoms with Crippen LogP contribution in [0, 0.1) is 5.41 Å². The van der Waals surface area contributed by atoms with E-state index in [1.54, 1.807) is 0 Å². The molecule has 0 amide bonds. The van der Waals surface area contributed by atoms with E-state index in [0.717, 1.165) is 45.6 Å². The largest absolute Gasteiger partial charge is 0.393 e. The van der Waals surface area contributed by atoms with Gasteiger partial charge >= 0.3 is 0 Å². The third-order valence-electron chi connectivity index (χ3n) is 3.37. The van der Waals surface area contributed by atoms with E-state index in [-0.39, 0.29) is 11.5 Å². The monoisotopic (exact) mass is 230 g/mol. The zero-order chi connectivity index (χ0) is 12.0. The van der Waals surface area contributed by atoms with Gasteiger partial charge in [-0.15, -0.1) is 0 Å². The normalized spacial score (nSPS) is 28.3. The minimum absolute atomic E-state index is 0.131. The second-order valence-corrected chi connectivity index (χ2v) is 5.24. The maximum atomic E-state index is 9.25. The van der Waals surface area contributed by atoms with Crippen LogP contribution >= 0.6 is 0 Å². The van der Waals surface area contributed by atoms with Crippen molar-refractivity contribution in [3.63, 3.8) is 0 Å². The van der Waals surface area contributed by atoms with Gasteiger partial charge in [0.2, 0.25) is 0 Å². The molecule has 1 saturated heterocycles. The molecule has 3 N–H and O–H groups in total. The van der Waals surface area contributed by atoms with E-state index in [1.807, 2.05) is 6.92 Å². The maximum absolute atomic E-state index is 9.25. The van der Waals surface area contributed by atoms with Crippen LogP contribution in [0.5, 0.6) is 0 Å². The molecular weight excluding hydrogens is 204 g/mol. The molecule has 0 bridgehead atoms. The van der Waals surface area contributed by atoms with Gasteiger partial charge in [0.25, 0.3) is 0 Å². The molecule has 1 aliphatic heterocycles. The highest BCUT2D eigenvalue weighted by Crippen LogP contribution is 2.28. The van der Waals surface area contributed by atoms with E-state index in [1.165, 1.54) is 0 Å². The van der Waals surface area contributed by atoms with Crippen molar-refractivity contribution in [3.8, 4) is 0 Å². The lowest BCUT2D eigenvalue weighted by atomic mass is 9.82. The summed E-state index contributed by atoms with van der Waals surface area (Å²) in [6.45, 7) is 6.06. The average Bonchev–Trinajstić information content (AvgIpc) is 2.28. The molecule has 0 aliphatic carbocycles. The van der Waals surface area contributed by atoms with Crippen LogP contribution in [0.2, 0.25) is 0 Å². The summed E-state index contributed by atoms with van der Waals surface area (Å²) in [5.74, 6) is 0. The second kappa shape index (κ2) is 6.55. The van der Waals surface area contributed by atoms with Crippen LogP contribution in [0.1, 0.15) is 26.2 Å². The Kier molecular flexibility index (Phi) is 5.69. The predicted molar refractivity (Wildman–Crippen MR) is 65.3 cm³/mol. The first-order valence-corrected chi connectivity index (χ1v) is 6.22. The van der Waals surface area contributed by atoms with Crippen LogP contribution in [0.4, 0.5) is 0 Å². The zero-order valence-corrected chi connectivity index (χ0v) is 10.6. The minimum atomic E-state index is -0.223. The SMILES string of the molecule is CC(O)CCN(C)CC1(CN)CCCOC1. The number of hydrogen-bond donors (Lipinski definition) is 2. The van der Waals surface area contributed by atoms with Crippen LogP contribution < -0.4 is 5.73 Å². The number of ether oxygens (including phenoxy) is 1. The summed E-state index contributed by atoms with van der Waals surface area (Å²) in [5, 5.41) is 9.25. The van der Waals surface area contributed by atoms with Crippen LogP contribution in [0.15, 0.2) is 0 Å². The second-order valence-electron chi connectivity index (χ2n) is 5.24. The van der Waals surface area contributed by atoms with Gasteiger partial charge in [0.1, 0.15) is 0 Å². The molecule has 0 aromatic carbocycles. The molecule has 0 aromatic heterocycles. The molecule has 1 heterocycles. The van der Waals surface area contributed by atoms with Gasteiger partial charge in [0.05, 0.1) is 12.7 Å². The molecule has 16 heavy (non-hydrogen) atoms. The smallest absolute Gasteiger partial charge is 0.0546 e. The molecule has 0 spiro atoms. The van der Waals surface area contributed by atoms with Crippen molar-refractivity contribution in [2.24, 2.45) is 11.1 Å². The highest BCUT2D eigenvalue weighted by molar-refractivity contribution is 4.85. The van der Waals surface area contributed by atoms with Crippen molar-refractivity contribution in [3.05, 3.63) is 0 Å². The third-order valence-corrected chi connectivity index (χ3v) is 3.37. The first-order valence-electron chi connectivity index (χ1n) is 6.22. The van der Waals surface area contributed by atoms with E-state index in [0.29, 0.717) is 6.54 Å². The van der Waals surface area contributed by atoms with Crippen molar-refractivity contribution in [2.75, 3.05) is 39.9 Å². The van der Waals surface area contributed by atoms with Crippen molar-refractivity contribution >= 4 is 0 Å². The number of nitrogens with two attached hydrogens (primary N) is 1. The summed E-state index contributed by atoms with van der Waals surface area (Å²) in [4.78, 5) is 2.26. The lowest BCUT2D eigenvalue weighted by Gasteiger charge is -2.39. The molecule has 4 nitrogen and oxygen atoms in total. The summed E-state index contributed by atoms with van der Waals surface area (Å²) in [6, 6.07) is 0. The number of hydrogen-bond acceptors (Lipinski definition) is 4. The van der Waals surface area contributed by atoms with E-state index in [2.05, 4.69) is 11.9 Å². The van der Waals surface area contributed by atoms with Gasteiger partial charge < -0.3 is 20.5 Å². The predicted octanol–water partition coefficient (Wildman–Crippen LogP) is 0.445. The Hall–Kier alpha value is -0.160. The molecule has 0 saturated carbocycles. The third kappa shape index (κ3) is 4.37. The standard InChI is InChI=1S/C12H26N2O2/c1-11(15)4-6-14(2)9-12(8-13)5-3-7-16-10-12/h11,15H,3-10,13H2,1-2H3. The fourth-order valence-electron chi connectivity index (χ4n) is 2.32. The average molecular weight is 230 g/mol. The van der Waals surface area contributed by atoms with E-state index < -0.39 is 0 Å². The lowest BCUT2D eigenvalue weighted by Crippen LogP contribution is -2.47. The summed E-state index contributed by atoms with van der Waals surface area (Å²) < 4.78 is 5.55. The Bertz CT molecular complexity index is 191. The number of aliphatic hydroxyl groups is 1. The fourth-order valence-corrected chi connectivity index (χ4v) is 2.32. The Morgan fingerprint density at radius 2 is 2.31 bits per heavy atom. The fraction of sp³-hybridized carbons (Fsp3) is 1.00. The molecule has 0 radical (unpaired) electrons. The highest BCUT2D eigenvalue weighted by Gasteiger charge is 2.32. The highest BCUT2D eigenvalue weighted by atomic mass is 16.5. The molecule has 96 valence electrons. The first-order chi connectivity index (χ1) is 7.58. The Balaban J connectivity index is 2.36. The molecule has 1 fully saturated rings. The van der Waals surface area contributed by atoms with Gasteiger partial charge in [-0.05, 0) is 33.2 Å². The molecule has 2 atom stereocenters. The van der Waals surface area contributed by atoms with E-state index >= 15 is 0 Å². The van der Waals surface area contributed by atoms with Crippen molar-refractivity contribution < 1.29 is 9.84 Å². The van der Waals surface area contributed by atoms with Crippen LogP contribution in [0.3, 0.4) is 0 Å². The van der Waals surface area contributed by atoms with Gasteiger partial charge in [-0.2, -0.15) is 0 Å². The van der Waals surface area contributed by atoms with Crippen molar-refractivity contribution in [1.82, 2.24) is 4.90 Å². The topological polar surface area (TPSA) is 58.7 Å².